The normalized spacial score (nSPS) is 20.6. The summed E-state index contributed by atoms with van der Waals surface area (Å²) in [4.78, 5) is 12.0. The predicted octanol–water partition coefficient (Wildman–Crippen LogP) is 3.61. The second-order valence-electron chi connectivity index (χ2n) is 5.26. The third-order valence-electron chi connectivity index (χ3n) is 3.70. The third kappa shape index (κ3) is 3.07. The molecule has 1 aliphatic rings. The fraction of sp³-hybridized carbons (Fsp3) is 0.375. The smallest absolute Gasteiger partial charge is 0.274 e. The largest absolute Gasteiger partial charge is 0.469 e. The number of allylic oxidation sites excluding steroid dienone is 3. The summed E-state index contributed by atoms with van der Waals surface area (Å²) in [5.41, 5.74) is 6.31. The maximum absolute atomic E-state index is 12.0. The van der Waals surface area contributed by atoms with Crippen molar-refractivity contribution in [1.29, 1.82) is 0 Å². The lowest BCUT2D eigenvalue weighted by Gasteiger charge is -2.22. The number of hydrazone groups is 1. The van der Waals surface area contributed by atoms with Crippen molar-refractivity contribution in [2.75, 3.05) is 0 Å². The number of carbonyl (C=O) groups excluding carboxylic acids is 1. The second-order valence-corrected chi connectivity index (χ2v) is 5.26. The van der Waals surface area contributed by atoms with Crippen LogP contribution in [-0.4, -0.2) is 11.6 Å². The molecule has 0 saturated carbocycles. The first-order valence-electron chi connectivity index (χ1n) is 6.72. The maximum atomic E-state index is 12.0. The zero-order valence-electron chi connectivity index (χ0n) is 12.2. The van der Waals surface area contributed by atoms with Crippen LogP contribution in [0, 0.1) is 12.8 Å². The van der Waals surface area contributed by atoms with Crippen molar-refractivity contribution >= 4 is 11.6 Å². The molecule has 1 amide bonds. The number of aryl methyl sites for hydroxylation is 1. The Balaban J connectivity index is 2.09. The van der Waals surface area contributed by atoms with Crippen molar-refractivity contribution in [3.8, 4) is 0 Å². The Labute approximate surface area is 119 Å². The molecule has 1 N–H and O–H groups in total. The van der Waals surface area contributed by atoms with Gasteiger partial charge in [-0.25, -0.2) is 5.43 Å². The highest BCUT2D eigenvalue weighted by molar-refractivity contribution is 6.02. The van der Waals surface area contributed by atoms with E-state index in [2.05, 4.69) is 23.2 Å². The number of furan rings is 1. The maximum Gasteiger partial charge on any atom is 0.274 e. The monoisotopic (exact) mass is 272 g/mol. The van der Waals surface area contributed by atoms with Gasteiger partial charge in [0.25, 0.3) is 5.91 Å². The minimum Gasteiger partial charge on any atom is -0.469 e. The molecule has 1 aliphatic carbocycles. The van der Waals surface area contributed by atoms with E-state index in [4.69, 9.17) is 4.42 Å². The van der Waals surface area contributed by atoms with E-state index in [0.717, 1.165) is 29.7 Å². The number of carbonyl (C=O) groups is 1. The van der Waals surface area contributed by atoms with Gasteiger partial charge >= 0.3 is 0 Å². The van der Waals surface area contributed by atoms with Crippen LogP contribution >= 0.6 is 0 Å². The first-order valence-corrected chi connectivity index (χ1v) is 6.72. The number of nitrogens with zero attached hydrogens (tertiary/aromatic N) is 1. The summed E-state index contributed by atoms with van der Waals surface area (Å²) in [6.45, 7) is 9.81. The molecule has 0 aliphatic heterocycles. The molecule has 0 fully saturated rings. The van der Waals surface area contributed by atoms with E-state index in [1.165, 1.54) is 6.26 Å². The zero-order valence-corrected chi connectivity index (χ0v) is 12.2. The van der Waals surface area contributed by atoms with Gasteiger partial charge in [-0.3, -0.25) is 4.79 Å². The molecule has 1 aromatic rings. The summed E-state index contributed by atoms with van der Waals surface area (Å²) in [5, 5.41) is 4.26. The fourth-order valence-electron chi connectivity index (χ4n) is 2.22. The average molecular weight is 272 g/mol. The highest BCUT2D eigenvalue weighted by atomic mass is 16.3. The Hall–Kier alpha value is -2.10. The van der Waals surface area contributed by atoms with Crippen LogP contribution in [0.15, 0.2) is 45.6 Å². The average Bonchev–Trinajstić information content (AvgIpc) is 2.83. The molecule has 1 aromatic heterocycles. The van der Waals surface area contributed by atoms with Gasteiger partial charge in [0.15, 0.2) is 0 Å². The Bertz CT molecular complexity index is 593. The molecule has 106 valence electrons. The summed E-state index contributed by atoms with van der Waals surface area (Å²) >= 11 is 0. The molecule has 0 spiro atoms. The van der Waals surface area contributed by atoms with Crippen LogP contribution in [0.2, 0.25) is 0 Å². The van der Waals surface area contributed by atoms with Gasteiger partial charge in [-0.1, -0.05) is 18.2 Å². The third-order valence-corrected chi connectivity index (χ3v) is 3.70. The highest BCUT2D eigenvalue weighted by Gasteiger charge is 2.19. The quantitative estimate of drug-likeness (QED) is 0.675. The van der Waals surface area contributed by atoms with Crippen LogP contribution < -0.4 is 5.43 Å². The predicted molar refractivity (Wildman–Crippen MR) is 79.6 cm³/mol. The Kier molecular flexibility index (Phi) is 4.23. The molecule has 0 radical (unpaired) electrons. The lowest BCUT2D eigenvalue weighted by molar-refractivity contribution is 0.0953. The van der Waals surface area contributed by atoms with E-state index >= 15 is 0 Å². The van der Waals surface area contributed by atoms with E-state index in [-0.39, 0.29) is 5.91 Å². The minimum atomic E-state index is -0.242. The lowest BCUT2D eigenvalue weighted by atomic mass is 9.85. The van der Waals surface area contributed by atoms with E-state index < -0.39 is 0 Å². The standard InChI is InChI=1S/C16H20N2O2/c1-10(2)13-6-5-11(3)15(9-13)17-18-16(19)14-7-8-20-12(14)4/h5,7-8,13H,1,6,9H2,2-4H3,(H,18,19). The van der Waals surface area contributed by atoms with Crippen molar-refractivity contribution in [2.24, 2.45) is 11.0 Å². The summed E-state index contributed by atoms with van der Waals surface area (Å²) in [5.74, 6) is 0.762. The molecule has 0 saturated heterocycles. The van der Waals surface area contributed by atoms with Crippen LogP contribution in [0.1, 0.15) is 42.8 Å². The number of hydrogen-bond donors (Lipinski definition) is 1. The lowest BCUT2D eigenvalue weighted by Crippen LogP contribution is -2.23. The molecule has 2 rings (SSSR count). The van der Waals surface area contributed by atoms with Gasteiger partial charge in [0.1, 0.15) is 5.76 Å². The van der Waals surface area contributed by atoms with Crippen LogP contribution in [0.4, 0.5) is 0 Å². The van der Waals surface area contributed by atoms with Crippen molar-refractivity contribution in [1.82, 2.24) is 5.43 Å². The topological polar surface area (TPSA) is 54.6 Å². The molecule has 1 atom stereocenters. The molecule has 1 unspecified atom stereocenters. The van der Waals surface area contributed by atoms with Crippen molar-refractivity contribution in [3.63, 3.8) is 0 Å². The highest BCUT2D eigenvalue weighted by Crippen LogP contribution is 2.26. The molecule has 0 bridgehead atoms. The molecule has 4 nitrogen and oxygen atoms in total. The molecule has 0 aromatic carbocycles. The van der Waals surface area contributed by atoms with Gasteiger partial charge in [0.2, 0.25) is 0 Å². The van der Waals surface area contributed by atoms with Gasteiger partial charge in [-0.15, -0.1) is 0 Å². The first kappa shape index (κ1) is 14.3. The van der Waals surface area contributed by atoms with E-state index in [9.17, 15) is 4.79 Å². The second kappa shape index (κ2) is 5.90. The van der Waals surface area contributed by atoms with Gasteiger partial charge in [-0.05, 0) is 51.2 Å². The summed E-state index contributed by atoms with van der Waals surface area (Å²) in [7, 11) is 0. The number of hydrogen-bond acceptors (Lipinski definition) is 3. The van der Waals surface area contributed by atoms with E-state index in [1.807, 2.05) is 13.8 Å². The molecule has 20 heavy (non-hydrogen) atoms. The van der Waals surface area contributed by atoms with Crippen LogP contribution in [0.5, 0.6) is 0 Å². The molecule has 4 heteroatoms. The first-order chi connectivity index (χ1) is 9.49. The van der Waals surface area contributed by atoms with Crippen LogP contribution in [-0.2, 0) is 0 Å². The molecular formula is C16H20N2O2. The number of amides is 1. The number of nitrogens with one attached hydrogen (secondary N) is 1. The van der Waals surface area contributed by atoms with E-state index in [1.54, 1.807) is 13.0 Å². The fourth-order valence-corrected chi connectivity index (χ4v) is 2.22. The van der Waals surface area contributed by atoms with Crippen LogP contribution in [0.3, 0.4) is 0 Å². The molecule has 1 heterocycles. The van der Waals surface area contributed by atoms with Gasteiger partial charge < -0.3 is 4.42 Å². The Morgan fingerprint density at radius 3 is 2.85 bits per heavy atom. The molecular weight excluding hydrogens is 252 g/mol. The van der Waals surface area contributed by atoms with Crippen LogP contribution in [0.25, 0.3) is 0 Å². The Morgan fingerprint density at radius 1 is 1.50 bits per heavy atom. The van der Waals surface area contributed by atoms with Gasteiger partial charge in [-0.2, -0.15) is 5.10 Å². The Morgan fingerprint density at radius 2 is 2.25 bits per heavy atom. The summed E-state index contributed by atoms with van der Waals surface area (Å²) in [6, 6.07) is 1.64. The summed E-state index contributed by atoms with van der Waals surface area (Å²) < 4.78 is 5.11. The summed E-state index contributed by atoms with van der Waals surface area (Å²) in [6.07, 6.45) is 5.47. The van der Waals surface area contributed by atoms with Crippen molar-refractivity contribution in [3.05, 3.63) is 47.5 Å². The van der Waals surface area contributed by atoms with Crippen molar-refractivity contribution in [2.45, 2.75) is 33.6 Å². The van der Waals surface area contributed by atoms with Gasteiger partial charge in [0.05, 0.1) is 17.5 Å². The minimum absolute atomic E-state index is 0.242. The SMILES string of the molecule is C=C(C)C1CC=C(C)C(=NNC(=O)c2ccoc2C)C1. The van der Waals surface area contributed by atoms with E-state index in [0.29, 0.717) is 17.2 Å². The van der Waals surface area contributed by atoms with Gasteiger partial charge in [0, 0.05) is 0 Å². The zero-order chi connectivity index (χ0) is 14.7. The number of rotatable bonds is 3. The van der Waals surface area contributed by atoms with Crippen molar-refractivity contribution < 1.29 is 9.21 Å².